The van der Waals surface area contributed by atoms with Crippen LogP contribution < -0.4 is 11.5 Å². The van der Waals surface area contributed by atoms with Crippen molar-refractivity contribution < 1.29 is 4.79 Å². The standard InChI is InChI=1S/C13H21N3O/c1-4-16(8-9(2)3)13(17)11-6-5-10(14)7-12(11)15/h5-7,9H,4,8,14-15H2,1-3H3. The van der Waals surface area contributed by atoms with Crippen LogP contribution >= 0.6 is 0 Å². The number of nitrogens with two attached hydrogens (primary N) is 2. The van der Waals surface area contributed by atoms with Gasteiger partial charge in [0.2, 0.25) is 0 Å². The Bertz CT molecular complexity index is 402. The predicted molar refractivity (Wildman–Crippen MR) is 71.7 cm³/mol. The van der Waals surface area contributed by atoms with E-state index >= 15 is 0 Å². The second-order valence-electron chi connectivity index (χ2n) is 4.58. The minimum Gasteiger partial charge on any atom is -0.399 e. The molecule has 0 saturated carbocycles. The molecule has 1 amide bonds. The molecule has 94 valence electrons. The normalized spacial score (nSPS) is 10.6. The fourth-order valence-corrected chi connectivity index (χ4v) is 1.74. The van der Waals surface area contributed by atoms with E-state index in [9.17, 15) is 4.79 Å². The number of benzene rings is 1. The number of hydrogen-bond donors (Lipinski definition) is 2. The summed E-state index contributed by atoms with van der Waals surface area (Å²) in [6.07, 6.45) is 0. The number of nitrogens with zero attached hydrogens (tertiary/aromatic N) is 1. The smallest absolute Gasteiger partial charge is 0.255 e. The number of rotatable bonds is 4. The summed E-state index contributed by atoms with van der Waals surface area (Å²) in [5.41, 5.74) is 13.0. The van der Waals surface area contributed by atoms with Gasteiger partial charge in [-0.15, -0.1) is 0 Å². The van der Waals surface area contributed by atoms with Crippen molar-refractivity contribution in [3.8, 4) is 0 Å². The minimum absolute atomic E-state index is 0.0290. The zero-order valence-corrected chi connectivity index (χ0v) is 10.7. The zero-order valence-electron chi connectivity index (χ0n) is 10.7. The largest absolute Gasteiger partial charge is 0.399 e. The first-order valence-electron chi connectivity index (χ1n) is 5.90. The number of carbonyl (C=O) groups excluding carboxylic acids is 1. The van der Waals surface area contributed by atoms with Crippen molar-refractivity contribution in [2.75, 3.05) is 24.6 Å². The van der Waals surface area contributed by atoms with Crippen molar-refractivity contribution in [3.63, 3.8) is 0 Å². The quantitative estimate of drug-likeness (QED) is 0.784. The zero-order chi connectivity index (χ0) is 13.0. The number of nitrogen functional groups attached to an aromatic ring is 2. The van der Waals surface area contributed by atoms with Crippen molar-refractivity contribution in [2.24, 2.45) is 5.92 Å². The lowest BCUT2D eigenvalue weighted by atomic mass is 10.1. The molecule has 0 atom stereocenters. The van der Waals surface area contributed by atoms with Crippen LogP contribution in [0.5, 0.6) is 0 Å². The van der Waals surface area contributed by atoms with Crippen molar-refractivity contribution in [1.82, 2.24) is 4.90 Å². The Morgan fingerprint density at radius 1 is 1.35 bits per heavy atom. The highest BCUT2D eigenvalue weighted by Crippen LogP contribution is 2.18. The maximum Gasteiger partial charge on any atom is 0.255 e. The maximum absolute atomic E-state index is 12.2. The Morgan fingerprint density at radius 3 is 2.47 bits per heavy atom. The maximum atomic E-state index is 12.2. The van der Waals surface area contributed by atoms with Crippen LogP contribution in [0.15, 0.2) is 18.2 Å². The van der Waals surface area contributed by atoms with Gasteiger partial charge in [-0.3, -0.25) is 4.79 Å². The van der Waals surface area contributed by atoms with Crippen LogP contribution in [0.1, 0.15) is 31.1 Å². The number of hydrogen-bond acceptors (Lipinski definition) is 3. The summed E-state index contributed by atoms with van der Waals surface area (Å²) in [7, 11) is 0. The van der Waals surface area contributed by atoms with E-state index in [1.807, 2.05) is 6.92 Å². The van der Waals surface area contributed by atoms with Gasteiger partial charge in [0.25, 0.3) is 5.91 Å². The molecule has 1 aromatic carbocycles. The van der Waals surface area contributed by atoms with Crippen LogP contribution in [0.3, 0.4) is 0 Å². The SMILES string of the molecule is CCN(CC(C)C)C(=O)c1ccc(N)cc1N. The Balaban J connectivity index is 2.93. The summed E-state index contributed by atoms with van der Waals surface area (Å²) in [4.78, 5) is 14.0. The van der Waals surface area contributed by atoms with Crippen LogP contribution in [-0.2, 0) is 0 Å². The molecule has 0 spiro atoms. The van der Waals surface area contributed by atoms with Gasteiger partial charge in [-0.1, -0.05) is 13.8 Å². The molecule has 0 bridgehead atoms. The summed E-state index contributed by atoms with van der Waals surface area (Å²) in [5.74, 6) is 0.410. The van der Waals surface area contributed by atoms with E-state index in [0.29, 0.717) is 29.4 Å². The first-order chi connectivity index (χ1) is 7.95. The Kier molecular flexibility index (Phi) is 4.37. The Hall–Kier alpha value is -1.71. The molecule has 0 heterocycles. The van der Waals surface area contributed by atoms with Gasteiger partial charge in [-0.2, -0.15) is 0 Å². The Labute approximate surface area is 103 Å². The molecule has 0 aliphatic carbocycles. The lowest BCUT2D eigenvalue weighted by molar-refractivity contribution is 0.0747. The van der Waals surface area contributed by atoms with E-state index in [1.54, 1.807) is 23.1 Å². The lowest BCUT2D eigenvalue weighted by Gasteiger charge is -2.23. The summed E-state index contributed by atoms with van der Waals surface area (Å²) < 4.78 is 0. The van der Waals surface area contributed by atoms with Gasteiger partial charge in [-0.25, -0.2) is 0 Å². The van der Waals surface area contributed by atoms with Crippen LogP contribution in [0.4, 0.5) is 11.4 Å². The second-order valence-corrected chi connectivity index (χ2v) is 4.58. The van der Waals surface area contributed by atoms with Crippen LogP contribution in [-0.4, -0.2) is 23.9 Å². The summed E-state index contributed by atoms with van der Waals surface area (Å²) >= 11 is 0. The van der Waals surface area contributed by atoms with E-state index in [2.05, 4.69) is 13.8 Å². The fourth-order valence-electron chi connectivity index (χ4n) is 1.74. The monoisotopic (exact) mass is 235 g/mol. The molecule has 0 aliphatic heterocycles. The Morgan fingerprint density at radius 2 is 2.00 bits per heavy atom. The molecule has 4 heteroatoms. The highest BCUT2D eigenvalue weighted by atomic mass is 16.2. The molecule has 1 rings (SSSR count). The van der Waals surface area contributed by atoms with Crippen LogP contribution in [0.25, 0.3) is 0 Å². The van der Waals surface area contributed by atoms with E-state index < -0.39 is 0 Å². The molecule has 17 heavy (non-hydrogen) atoms. The van der Waals surface area contributed by atoms with Crippen LogP contribution in [0, 0.1) is 5.92 Å². The van der Waals surface area contributed by atoms with Crippen molar-refractivity contribution in [2.45, 2.75) is 20.8 Å². The van der Waals surface area contributed by atoms with Gasteiger partial charge in [0, 0.05) is 24.5 Å². The molecule has 0 unspecified atom stereocenters. The van der Waals surface area contributed by atoms with Gasteiger partial charge in [0.1, 0.15) is 0 Å². The van der Waals surface area contributed by atoms with Gasteiger partial charge >= 0.3 is 0 Å². The van der Waals surface area contributed by atoms with E-state index in [4.69, 9.17) is 11.5 Å². The molecule has 4 N–H and O–H groups in total. The second kappa shape index (κ2) is 5.57. The first-order valence-corrected chi connectivity index (χ1v) is 5.90. The highest BCUT2D eigenvalue weighted by Gasteiger charge is 2.17. The fraction of sp³-hybridized carbons (Fsp3) is 0.462. The number of carbonyl (C=O) groups is 1. The third-order valence-corrected chi connectivity index (χ3v) is 2.56. The third-order valence-electron chi connectivity index (χ3n) is 2.56. The van der Waals surface area contributed by atoms with Gasteiger partial charge in [0.15, 0.2) is 0 Å². The van der Waals surface area contributed by atoms with Crippen LogP contribution in [0.2, 0.25) is 0 Å². The highest BCUT2D eigenvalue weighted by molar-refractivity contribution is 5.99. The molecule has 0 aromatic heterocycles. The first kappa shape index (κ1) is 13.4. The molecular formula is C13H21N3O. The predicted octanol–water partition coefficient (Wildman–Crippen LogP) is 1.97. The van der Waals surface area contributed by atoms with Crippen molar-refractivity contribution in [1.29, 1.82) is 0 Å². The van der Waals surface area contributed by atoms with E-state index in [-0.39, 0.29) is 5.91 Å². The molecule has 0 radical (unpaired) electrons. The summed E-state index contributed by atoms with van der Waals surface area (Å²) in [6, 6.07) is 5.01. The average molecular weight is 235 g/mol. The molecule has 0 saturated heterocycles. The van der Waals surface area contributed by atoms with Crippen molar-refractivity contribution in [3.05, 3.63) is 23.8 Å². The summed E-state index contributed by atoms with van der Waals surface area (Å²) in [5, 5.41) is 0. The number of anilines is 2. The van der Waals surface area contributed by atoms with E-state index in [0.717, 1.165) is 6.54 Å². The van der Waals surface area contributed by atoms with Gasteiger partial charge in [-0.05, 0) is 31.0 Å². The summed E-state index contributed by atoms with van der Waals surface area (Å²) in [6.45, 7) is 7.55. The average Bonchev–Trinajstić information content (AvgIpc) is 2.24. The third kappa shape index (κ3) is 3.37. The molecular weight excluding hydrogens is 214 g/mol. The topological polar surface area (TPSA) is 72.3 Å². The number of amides is 1. The minimum atomic E-state index is -0.0290. The molecule has 4 nitrogen and oxygen atoms in total. The van der Waals surface area contributed by atoms with E-state index in [1.165, 1.54) is 0 Å². The molecule has 0 aliphatic rings. The lowest BCUT2D eigenvalue weighted by Crippen LogP contribution is -2.34. The van der Waals surface area contributed by atoms with Gasteiger partial charge in [0.05, 0.1) is 5.56 Å². The molecule has 1 aromatic rings. The van der Waals surface area contributed by atoms with Crippen molar-refractivity contribution >= 4 is 17.3 Å². The van der Waals surface area contributed by atoms with Gasteiger partial charge < -0.3 is 16.4 Å². The molecule has 0 fully saturated rings.